The predicted molar refractivity (Wildman–Crippen MR) is 81.3 cm³/mol. The molecule has 2 unspecified atom stereocenters. The molecule has 0 bridgehead atoms. The van der Waals surface area contributed by atoms with Gasteiger partial charge in [-0.25, -0.2) is 0 Å². The molecule has 2 fully saturated rings. The minimum atomic E-state index is -0.00678. The maximum Gasteiger partial charge on any atom is 0.123 e. The molecule has 1 spiro atoms. The average Bonchev–Trinajstić information content (AvgIpc) is 2.75. The molecule has 1 aromatic rings. The third-order valence-electron chi connectivity index (χ3n) is 5.46. The van der Waals surface area contributed by atoms with Gasteiger partial charge in [-0.05, 0) is 62.5 Å². The highest BCUT2D eigenvalue weighted by Crippen LogP contribution is 2.43. The Balaban J connectivity index is 1.59. The summed E-state index contributed by atoms with van der Waals surface area (Å²) in [5.74, 6) is 1.01. The molecular weight excluding hydrogens is 260 g/mol. The number of ether oxygens (including phenoxy) is 1. The highest BCUT2D eigenvalue weighted by molar-refractivity contribution is 5.45. The van der Waals surface area contributed by atoms with Crippen molar-refractivity contribution in [3.05, 3.63) is 29.3 Å². The molecule has 3 nitrogen and oxygen atoms in total. The SMILES string of the molecule is N#Cc1ccc2c(c1)CC1(CCCN3CCCCC3C1)O2. The number of fused-ring (bicyclic) bond motifs is 2. The number of hydrogen-bond donors (Lipinski definition) is 0. The molecule has 3 aliphatic rings. The molecule has 0 radical (unpaired) electrons. The first kappa shape index (κ1) is 13.2. The fourth-order valence-electron chi connectivity index (χ4n) is 4.48. The summed E-state index contributed by atoms with van der Waals surface area (Å²) in [5.41, 5.74) is 1.98. The maximum absolute atomic E-state index is 9.07. The van der Waals surface area contributed by atoms with E-state index in [0.717, 1.165) is 30.6 Å². The largest absolute Gasteiger partial charge is 0.487 e. The Bertz CT molecular complexity index is 591. The van der Waals surface area contributed by atoms with E-state index in [0.29, 0.717) is 6.04 Å². The Hall–Kier alpha value is -1.53. The highest BCUT2D eigenvalue weighted by atomic mass is 16.5. The molecule has 3 heterocycles. The van der Waals surface area contributed by atoms with E-state index in [1.54, 1.807) is 0 Å². The first-order valence-electron chi connectivity index (χ1n) is 8.24. The van der Waals surface area contributed by atoms with Crippen LogP contribution in [-0.2, 0) is 6.42 Å². The van der Waals surface area contributed by atoms with Crippen LogP contribution in [0.5, 0.6) is 5.75 Å². The van der Waals surface area contributed by atoms with E-state index >= 15 is 0 Å². The molecule has 3 aliphatic heterocycles. The molecule has 1 aromatic carbocycles. The van der Waals surface area contributed by atoms with Crippen LogP contribution in [0.15, 0.2) is 18.2 Å². The van der Waals surface area contributed by atoms with Gasteiger partial charge < -0.3 is 9.64 Å². The van der Waals surface area contributed by atoms with Gasteiger partial charge in [-0.3, -0.25) is 0 Å². The summed E-state index contributed by atoms with van der Waals surface area (Å²) in [6.07, 6.45) is 8.57. The zero-order chi connectivity index (χ0) is 14.3. The molecule has 2 atom stereocenters. The summed E-state index contributed by atoms with van der Waals surface area (Å²) < 4.78 is 6.43. The fourth-order valence-corrected chi connectivity index (χ4v) is 4.48. The summed E-state index contributed by atoms with van der Waals surface area (Å²) in [4.78, 5) is 2.69. The molecule has 0 N–H and O–H groups in total. The van der Waals surface area contributed by atoms with Crippen molar-refractivity contribution in [1.29, 1.82) is 5.26 Å². The van der Waals surface area contributed by atoms with Gasteiger partial charge in [0.25, 0.3) is 0 Å². The van der Waals surface area contributed by atoms with Crippen LogP contribution in [-0.4, -0.2) is 29.6 Å². The standard InChI is InChI=1S/C18H22N2O/c19-13-14-5-6-17-15(10-14)11-18(21-17)7-3-9-20-8-2-1-4-16(20)12-18/h5-6,10,16H,1-4,7-9,11-12H2. The average molecular weight is 282 g/mol. The van der Waals surface area contributed by atoms with E-state index in [1.165, 1.54) is 44.3 Å². The van der Waals surface area contributed by atoms with Crippen molar-refractivity contribution in [3.63, 3.8) is 0 Å². The van der Waals surface area contributed by atoms with Crippen molar-refractivity contribution < 1.29 is 4.74 Å². The first-order chi connectivity index (χ1) is 10.3. The lowest BCUT2D eigenvalue weighted by molar-refractivity contribution is 0.0496. The van der Waals surface area contributed by atoms with Gasteiger partial charge in [0.05, 0.1) is 11.6 Å². The van der Waals surface area contributed by atoms with Gasteiger partial charge >= 0.3 is 0 Å². The quantitative estimate of drug-likeness (QED) is 0.732. The maximum atomic E-state index is 9.07. The Morgan fingerprint density at radius 2 is 2.14 bits per heavy atom. The zero-order valence-corrected chi connectivity index (χ0v) is 12.5. The lowest BCUT2D eigenvalue weighted by Gasteiger charge is -2.37. The van der Waals surface area contributed by atoms with E-state index in [1.807, 2.05) is 18.2 Å². The molecule has 0 aliphatic carbocycles. The van der Waals surface area contributed by atoms with Crippen LogP contribution in [0.2, 0.25) is 0 Å². The van der Waals surface area contributed by atoms with Gasteiger partial charge in [0.2, 0.25) is 0 Å². The Kier molecular flexibility index (Phi) is 3.15. The van der Waals surface area contributed by atoms with Crippen LogP contribution in [0.25, 0.3) is 0 Å². The van der Waals surface area contributed by atoms with E-state index in [-0.39, 0.29) is 5.60 Å². The third-order valence-corrected chi connectivity index (χ3v) is 5.46. The molecule has 4 rings (SSSR count). The highest BCUT2D eigenvalue weighted by Gasteiger charge is 2.44. The number of nitrogens with zero attached hydrogens (tertiary/aromatic N) is 2. The minimum absolute atomic E-state index is 0.00678. The Morgan fingerprint density at radius 1 is 1.24 bits per heavy atom. The molecule has 0 amide bonds. The van der Waals surface area contributed by atoms with Crippen LogP contribution in [0.4, 0.5) is 0 Å². The van der Waals surface area contributed by atoms with Crippen molar-refractivity contribution in [3.8, 4) is 11.8 Å². The molecule has 0 saturated carbocycles. The van der Waals surface area contributed by atoms with Crippen LogP contribution >= 0.6 is 0 Å². The summed E-state index contributed by atoms with van der Waals surface area (Å²) in [7, 11) is 0. The lowest BCUT2D eigenvalue weighted by Crippen LogP contribution is -2.44. The van der Waals surface area contributed by atoms with E-state index in [2.05, 4.69) is 11.0 Å². The first-order valence-corrected chi connectivity index (χ1v) is 8.24. The second kappa shape index (κ2) is 5.03. The molecular formula is C18H22N2O. The summed E-state index contributed by atoms with van der Waals surface area (Å²) in [6, 6.07) is 8.83. The number of piperidine rings is 1. The summed E-state index contributed by atoms with van der Waals surface area (Å²) in [5, 5.41) is 9.07. The van der Waals surface area contributed by atoms with Gasteiger partial charge in [0, 0.05) is 18.9 Å². The van der Waals surface area contributed by atoms with E-state index in [4.69, 9.17) is 10.00 Å². The van der Waals surface area contributed by atoms with Crippen molar-refractivity contribution >= 4 is 0 Å². The van der Waals surface area contributed by atoms with Crippen LogP contribution < -0.4 is 4.74 Å². The number of rotatable bonds is 0. The van der Waals surface area contributed by atoms with Gasteiger partial charge in [-0.2, -0.15) is 5.26 Å². The van der Waals surface area contributed by atoms with Gasteiger partial charge in [0.15, 0.2) is 0 Å². The third kappa shape index (κ3) is 2.32. The minimum Gasteiger partial charge on any atom is -0.487 e. The lowest BCUT2D eigenvalue weighted by atomic mass is 9.85. The summed E-state index contributed by atoms with van der Waals surface area (Å²) in [6.45, 7) is 2.50. The van der Waals surface area contributed by atoms with Crippen LogP contribution in [0.1, 0.15) is 49.7 Å². The molecule has 3 heteroatoms. The predicted octanol–water partition coefficient (Wildman–Crippen LogP) is 3.27. The number of nitriles is 1. The normalized spacial score (nSPS) is 31.9. The second-order valence-corrected chi connectivity index (χ2v) is 6.89. The smallest absolute Gasteiger partial charge is 0.123 e. The topological polar surface area (TPSA) is 36.3 Å². The second-order valence-electron chi connectivity index (χ2n) is 6.89. The fraction of sp³-hybridized carbons (Fsp3) is 0.611. The summed E-state index contributed by atoms with van der Waals surface area (Å²) >= 11 is 0. The monoisotopic (exact) mass is 282 g/mol. The Labute approximate surface area is 126 Å². The Morgan fingerprint density at radius 3 is 3.05 bits per heavy atom. The van der Waals surface area contributed by atoms with Crippen LogP contribution in [0, 0.1) is 11.3 Å². The molecule has 0 aromatic heterocycles. The molecule has 2 saturated heterocycles. The molecule has 110 valence electrons. The van der Waals surface area contributed by atoms with Crippen molar-refractivity contribution in [2.75, 3.05) is 13.1 Å². The van der Waals surface area contributed by atoms with Crippen LogP contribution in [0.3, 0.4) is 0 Å². The van der Waals surface area contributed by atoms with Gasteiger partial charge in [-0.15, -0.1) is 0 Å². The van der Waals surface area contributed by atoms with E-state index in [9.17, 15) is 0 Å². The van der Waals surface area contributed by atoms with Crippen molar-refractivity contribution in [2.24, 2.45) is 0 Å². The van der Waals surface area contributed by atoms with Crippen molar-refractivity contribution in [1.82, 2.24) is 4.90 Å². The van der Waals surface area contributed by atoms with Gasteiger partial charge in [0.1, 0.15) is 11.4 Å². The zero-order valence-electron chi connectivity index (χ0n) is 12.5. The van der Waals surface area contributed by atoms with Crippen molar-refractivity contribution in [2.45, 2.75) is 56.6 Å². The van der Waals surface area contributed by atoms with E-state index < -0.39 is 0 Å². The van der Waals surface area contributed by atoms with Gasteiger partial charge in [-0.1, -0.05) is 6.42 Å². The number of benzene rings is 1. The molecule has 21 heavy (non-hydrogen) atoms. The number of hydrogen-bond acceptors (Lipinski definition) is 3.